The zero-order chi connectivity index (χ0) is 23.3. The molecule has 168 valence electrons. The second-order valence-electron chi connectivity index (χ2n) is 8.02. The molecule has 3 N–H and O–H groups in total. The molecule has 32 heavy (non-hydrogen) atoms. The maximum atomic E-state index is 13.7. The number of para-hydroxylation sites is 1. The molecule has 0 saturated heterocycles. The molecule has 1 heterocycles. The monoisotopic (exact) mass is 455 g/mol. The number of benzene rings is 2. The Hall–Kier alpha value is -2.81. The van der Waals surface area contributed by atoms with Crippen LogP contribution in [0.25, 0.3) is 0 Å². The average Bonchev–Trinajstić information content (AvgIpc) is 2.75. The van der Waals surface area contributed by atoms with Crippen molar-refractivity contribution in [2.24, 2.45) is 11.8 Å². The first-order chi connectivity index (χ1) is 15.2. The summed E-state index contributed by atoms with van der Waals surface area (Å²) in [5, 5.41) is 8.53. The third-order valence-corrected chi connectivity index (χ3v) is 6.68. The van der Waals surface area contributed by atoms with Gasteiger partial charge in [-0.3, -0.25) is 9.59 Å². The number of quaternary nitrogens is 1. The predicted octanol–water partition coefficient (Wildman–Crippen LogP) is 2.89. The van der Waals surface area contributed by atoms with Crippen molar-refractivity contribution in [1.29, 1.82) is 0 Å². The Morgan fingerprint density at radius 3 is 2.44 bits per heavy atom. The van der Waals surface area contributed by atoms with Gasteiger partial charge in [0.05, 0.1) is 5.25 Å². The minimum absolute atomic E-state index is 0.220. The zero-order valence-electron chi connectivity index (χ0n) is 17.9. The van der Waals surface area contributed by atoms with E-state index >= 15 is 0 Å². The lowest BCUT2D eigenvalue weighted by molar-refractivity contribution is -0.148. The number of ketones is 1. The molecule has 2 aromatic carbocycles. The summed E-state index contributed by atoms with van der Waals surface area (Å²) in [7, 11) is 0. The van der Waals surface area contributed by atoms with Gasteiger partial charge in [0.2, 0.25) is 6.54 Å². The van der Waals surface area contributed by atoms with Crippen LogP contribution in [0.1, 0.15) is 30.9 Å². The molecule has 0 fully saturated rings. The van der Waals surface area contributed by atoms with E-state index in [1.165, 1.54) is 6.92 Å². The van der Waals surface area contributed by atoms with Crippen LogP contribution in [0, 0.1) is 5.92 Å². The van der Waals surface area contributed by atoms with Gasteiger partial charge in [-0.05, 0) is 31.2 Å². The summed E-state index contributed by atoms with van der Waals surface area (Å²) in [5.41, 5.74) is 2.08. The minimum atomic E-state index is -1.23. The zero-order valence-corrected chi connectivity index (χ0v) is 18.7. The lowest BCUT2D eigenvalue weighted by Gasteiger charge is -2.34. The molecular weight excluding hydrogens is 428 g/mol. The molecule has 2 aromatic rings. The maximum Gasteiger partial charge on any atom is 0.362 e. The molecule has 0 saturated carbocycles. The summed E-state index contributed by atoms with van der Waals surface area (Å²) in [6, 6.07) is 16.3. The van der Waals surface area contributed by atoms with Crippen molar-refractivity contribution in [1.82, 2.24) is 4.59 Å². The van der Waals surface area contributed by atoms with Crippen LogP contribution >= 0.6 is 11.8 Å². The SMILES string of the molecule is CC(=O)SC(Cc1ccccc1)C(=O)C1CCCc2ccccc2[N+](N)(CC(=O)O)C1=O. The third-order valence-electron chi connectivity index (χ3n) is 5.67. The fourth-order valence-electron chi connectivity index (χ4n) is 4.22. The predicted molar refractivity (Wildman–Crippen MR) is 124 cm³/mol. The molecule has 1 aliphatic heterocycles. The topological polar surface area (TPSA) is 115 Å². The molecule has 7 nitrogen and oxygen atoms in total. The number of amides is 1. The van der Waals surface area contributed by atoms with E-state index in [4.69, 9.17) is 5.84 Å². The van der Waals surface area contributed by atoms with E-state index in [0.717, 1.165) is 22.9 Å². The number of fused-ring (bicyclic) bond motifs is 1. The second kappa shape index (κ2) is 10.2. The van der Waals surface area contributed by atoms with Gasteiger partial charge in [-0.15, -0.1) is 4.59 Å². The number of thioether (sulfide) groups is 1. The van der Waals surface area contributed by atoms with E-state index in [9.17, 15) is 24.3 Å². The van der Waals surface area contributed by atoms with Crippen molar-refractivity contribution in [3.8, 4) is 0 Å². The Bertz CT molecular complexity index is 1030. The second-order valence-corrected chi connectivity index (χ2v) is 9.40. The molecule has 3 unspecified atom stereocenters. The number of carboxylic acid groups (broad SMARTS) is 1. The molecule has 8 heteroatoms. The number of hydrogen-bond donors (Lipinski definition) is 2. The first kappa shape index (κ1) is 23.8. The molecule has 0 aromatic heterocycles. The largest absolute Gasteiger partial charge is 0.477 e. The van der Waals surface area contributed by atoms with E-state index < -0.39 is 34.2 Å². The van der Waals surface area contributed by atoms with Gasteiger partial charge in [-0.2, -0.15) is 5.84 Å². The maximum absolute atomic E-state index is 13.7. The van der Waals surface area contributed by atoms with Crippen molar-refractivity contribution in [3.05, 3.63) is 65.7 Å². The number of aliphatic carboxylic acids is 1. The summed E-state index contributed by atoms with van der Waals surface area (Å²) >= 11 is 0.905. The number of carbonyl (C=O) groups is 4. The number of carboxylic acids is 1. The highest BCUT2D eigenvalue weighted by atomic mass is 32.2. The minimum Gasteiger partial charge on any atom is -0.477 e. The molecule has 3 rings (SSSR count). The summed E-state index contributed by atoms with van der Waals surface area (Å²) in [6.07, 6.45) is 1.71. The highest BCUT2D eigenvalue weighted by Crippen LogP contribution is 2.34. The van der Waals surface area contributed by atoms with Crippen LogP contribution in [-0.2, 0) is 32.0 Å². The Kier molecular flexibility index (Phi) is 7.60. The van der Waals surface area contributed by atoms with Crippen molar-refractivity contribution in [2.75, 3.05) is 6.54 Å². The quantitative estimate of drug-likeness (QED) is 0.285. The average molecular weight is 456 g/mol. The van der Waals surface area contributed by atoms with E-state index in [0.29, 0.717) is 24.9 Å². The molecule has 1 amide bonds. The number of nitrogens with zero attached hydrogens (tertiary/aromatic N) is 1. The smallest absolute Gasteiger partial charge is 0.362 e. The van der Waals surface area contributed by atoms with Crippen LogP contribution in [0.3, 0.4) is 0 Å². The van der Waals surface area contributed by atoms with E-state index in [1.807, 2.05) is 42.5 Å². The highest BCUT2D eigenvalue weighted by molar-refractivity contribution is 8.14. The normalized spacial score (nSPS) is 21.7. The van der Waals surface area contributed by atoms with Gasteiger partial charge < -0.3 is 5.11 Å². The van der Waals surface area contributed by atoms with Crippen molar-refractivity contribution < 1.29 is 24.3 Å². The number of rotatable bonds is 7. The van der Waals surface area contributed by atoms with Gasteiger partial charge in [-0.25, -0.2) is 9.59 Å². The van der Waals surface area contributed by atoms with Gasteiger partial charge in [0.25, 0.3) is 0 Å². The number of nitrogens with two attached hydrogens (primary N) is 1. The van der Waals surface area contributed by atoms with Crippen LogP contribution in [0.5, 0.6) is 0 Å². The summed E-state index contributed by atoms with van der Waals surface area (Å²) in [4.78, 5) is 50.8. The molecule has 1 aliphatic rings. The van der Waals surface area contributed by atoms with Crippen LogP contribution in [0.15, 0.2) is 54.6 Å². The Morgan fingerprint density at radius 1 is 1.12 bits per heavy atom. The van der Waals surface area contributed by atoms with Crippen molar-refractivity contribution >= 4 is 40.2 Å². The Morgan fingerprint density at radius 2 is 1.78 bits per heavy atom. The molecule has 0 bridgehead atoms. The first-order valence-corrected chi connectivity index (χ1v) is 11.4. The van der Waals surface area contributed by atoms with E-state index in [2.05, 4.69) is 0 Å². The van der Waals surface area contributed by atoms with Crippen LogP contribution < -0.4 is 10.4 Å². The summed E-state index contributed by atoms with van der Waals surface area (Å²) in [6.45, 7) is 0.725. The number of carbonyl (C=O) groups excluding carboxylic acids is 3. The van der Waals surface area contributed by atoms with Gasteiger partial charge in [0.15, 0.2) is 16.6 Å². The fourth-order valence-corrected chi connectivity index (χ4v) is 5.18. The molecule has 0 spiro atoms. The van der Waals surface area contributed by atoms with Crippen LogP contribution in [0.4, 0.5) is 5.69 Å². The molecule has 0 radical (unpaired) electrons. The van der Waals surface area contributed by atoms with Crippen LogP contribution in [-0.4, -0.2) is 39.7 Å². The van der Waals surface area contributed by atoms with Gasteiger partial charge in [0, 0.05) is 18.6 Å². The van der Waals surface area contributed by atoms with Crippen molar-refractivity contribution in [2.45, 2.75) is 37.9 Å². The highest BCUT2D eigenvalue weighted by Gasteiger charge is 2.49. The lowest BCUT2D eigenvalue weighted by Crippen LogP contribution is -2.66. The molecular formula is C24H27N2O5S+. The molecule has 3 atom stereocenters. The van der Waals surface area contributed by atoms with E-state index in [1.54, 1.807) is 12.1 Å². The van der Waals surface area contributed by atoms with Gasteiger partial charge in [0.1, 0.15) is 5.92 Å². The summed E-state index contributed by atoms with van der Waals surface area (Å²) < 4.78 is -0.968. The van der Waals surface area contributed by atoms with Crippen molar-refractivity contribution in [3.63, 3.8) is 0 Å². The standard InChI is InChI=1S/C24H26N2O5S/c1-16(27)32-21(14-17-8-3-2-4-9-17)23(30)19-12-7-11-18-10-5-6-13-20(18)26(25,24(19)31)15-22(28)29/h2-6,8-10,13,19,21H,7,11-12,14-15,25H2,1H3/p+1. The van der Waals surface area contributed by atoms with Gasteiger partial charge >= 0.3 is 11.9 Å². The summed E-state index contributed by atoms with van der Waals surface area (Å²) in [5.74, 6) is 3.10. The lowest BCUT2D eigenvalue weighted by atomic mass is 9.88. The van der Waals surface area contributed by atoms with E-state index in [-0.39, 0.29) is 17.3 Å². The van der Waals surface area contributed by atoms with Gasteiger partial charge in [-0.1, -0.05) is 60.3 Å². The number of Topliss-reactive ketones (excluding diaryl/α,β-unsaturated/α-hetero) is 1. The Labute approximate surface area is 191 Å². The first-order valence-electron chi connectivity index (χ1n) is 10.5. The number of aryl methyl sites for hydroxylation is 1. The number of hydrogen-bond acceptors (Lipinski definition) is 6. The molecule has 0 aliphatic carbocycles. The Balaban J connectivity index is 1.99. The third kappa shape index (κ3) is 5.32. The fraction of sp³-hybridized carbons (Fsp3) is 0.333. The van der Waals surface area contributed by atoms with Crippen LogP contribution in [0.2, 0.25) is 0 Å².